The van der Waals surface area contributed by atoms with Crippen molar-refractivity contribution < 1.29 is 9.42 Å². The number of nitrogens with two attached hydrogens (primary N) is 1. The van der Waals surface area contributed by atoms with Crippen molar-refractivity contribution in [2.75, 3.05) is 31.9 Å². The summed E-state index contributed by atoms with van der Waals surface area (Å²) in [5.41, 5.74) is 5.71. The molecule has 7 heteroatoms. The van der Waals surface area contributed by atoms with E-state index in [2.05, 4.69) is 19.8 Å². The standard InChI is InChI=1S/C11H17N5O2/c12-10-9(13-18-14-10)11(17)16-6-2-5-15-4-1-3-8(15)7-16/h8H,1-7H2,(H2,12,14). The van der Waals surface area contributed by atoms with Crippen molar-refractivity contribution in [3.05, 3.63) is 5.69 Å². The van der Waals surface area contributed by atoms with Gasteiger partial charge >= 0.3 is 0 Å². The molecule has 2 aliphatic heterocycles. The van der Waals surface area contributed by atoms with E-state index in [9.17, 15) is 4.79 Å². The van der Waals surface area contributed by atoms with Crippen LogP contribution in [-0.2, 0) is 0 Å². The Morgan fingerprint density at radius 2 is 2.11 bits per heavy atom. The summed E-state index contributed by atoms with van der Waals surface area (Å²) in [5.74, 6) is -0.0879. The summed E-state index contributed by atoms with van der Waals surface area (Å²) in [6.07, 6.45) is 3.38. The molecule has 2 fully saturated rings. The minimum absolute atomic E-state index is 0.0764. The molecule has 2 N–H and O–H groups in total. The Kier molecular flexibility index (Phi) is 2.91. The zero-order valence-electron chi connectivity index (χ0n) is 10.2. The lowest BCUT2D eigenvalue weighted by Gasteiger charge is -2.24. The molecule has 1 unspecified atom stereocenters. The average Bonchev–Trinajstić information content (AvgIpc) is 2.93. The van der Waals surface area contributed by atoms with Gasteiger partial charge in [0.2, 0.25) is 11.5 Å². The van der Waals surface area contributed by atoms with Crippen molar-refractivity contribution in [2.45, 2.75) is 25.3 Å². The Morgan fingerprint density at radius 3 is 2.89 bits per heavy atom. The van der Waals surface area contributed by atoms with E-state index in [1.165, 1.54) is 6.42 Å². The van der Waals surface area contributed by atoms with Crippen LogP contribution in [-0.4, -0.2) is 58.2 Å². The highest BCUT2D eigenvalue weighted by atomic mass is 16.6. The van der Waals surface area contributed by atoms with Gasteiger partial charge in [-0.3, -0.25) is 9.69 Å². The predicted molar refractivity (Wildman–Crippen MR) is 63.8 cm³/mol. The summed E-state index contributed by atoms with van der Waals surface area (Å²) in [6, 6.07) is 0.484. The maximum absolute atomic E-state index is 12.3. The van der Waals surface area contributed by atoms with Gasteiger partial charge in [-0.25, -0.2) is 4.63 Å². The van der Waals surface area contributed by atoms with E-state index in [0.717, 1.165) is 39.0 Å². The zero-order valence-corrected chi connectivity index (χ0v) is 10.2. The quantitative estimate of drug-likeness (QED) is 0.753. The molecule has 0 aromatic carbocycles. The topological polar surface area (TPSA) is 88.5 Å². The highest BCUT2D eigenvalue weighted by Gasteiger charge is 2.32. The number of fused-ring (bicyclic) bond motifs is 1. The highest BCUT2D eigenvalue weighted by Crippen LogP contribution is 2.22. The summed E-state index contributed by atoms with van der Waals surface area (Å²) in [4.78, 5) is 16.6. The molecule has 1 atom stereocenters. The first-order valence-corrected chi connectivity index (χ1v) is 6.37. The van der Waals surface area contributed by atoms with Crippen molar-refractivity contribution in [3.63, 3.8) is 0 Å². The maximum atomic E-state index is 12.3. The smallest absolute Gasteiger partial charge is 0.280 e. The van der Waals surface area contributed by atoms with Gasteiger partial charge in [-0.2, -0.15) is 0 Å². The van der Waals surface area contributed by atoms with Gasteiger partial charge in [0.1, 0.15) is 0 Å². The van der Waals surface area contributed by atoms with Crippen LogP contribution in [0.3, 0.4) is 0 Å². The van der Waals surface area contributed by atoms with E-state index in [1.54, 1.807) is 0 Å². The average molecular weight is 251 g/mol. The molecular formula is C11H17N5O2. The second-order valence-corrected chi connectivity index (χ2v) is 4.93. The van der Waals surface area contributed by atoms with Gasteiger partial charge in [0.15, 0.2) is 0 Å². The van der Waals surface area contributed by atoms with E-state index >= 15 is 0 Å². The maximum Gasteiger partial charge on any atom is 0.280 e. The molecule has 1 aromatic heterocycles. The number of carbonyl (C=O) groups excluding carboxylic acids is 1. The number of nitrogens with zero attached hydrogens (tertiary/aromatic N) is 4. The minimum Gasteiger partial charge on any atom is -0.379 e. The summed E-state index contributed by atoms with van der Waals surface area (Å²) in [7, 11) is 0. The number of nitrogen functional groups attached to an aromatic ring is 1. The van der Waals surface area contributed by atoms with Gasteiger partial charge < -0.3 is 10.6 Å². The Bertz CT molecular complexity index is 446. The molecule has 2 saturated heterocycles. The van der Waals surface area contributed by atoms with Crippen molar-refractivity contribution in [1.29, 1.82) is 0 Å². The minimum atomic E-state index is -0.164. The largest absolute Gasteiger partial charge is 0.379 e. The Balaban J connectivity index is 1.75. The molecule has 7 nitrogen and oxygen atoms in total. The van der Waals surface area contributed by atoms with Crippen LogP contribution in [0, 0.1) is 0 Å². The molecule has 1 amide bonds. The molecule has 3 rings (SSSR count). The molecule has 3 heterocycles. The lowest BCUT2D eigenvalue weighted by Crippen LogP contribution is -2.40. The van der Waals surface area contributed by atoms with Crippen LogP contribution in [0.2, 0.25) is 0 Å². The lowest BCUT2D eigenvalue weighted by molar-refractivity contribution is 0.0733. The number of aromatic nitrogens is 2. The summed E-state index contributed by atoms with van der Waals surface area (Å²) >= 11 is 0. The normalized spacial score (nSPS) is 24.9. The first kappa shape index (κ1) is 11.5. The summed E-state index contributed by atoms with van der Waals surface area (Å²) in [6.45, 7) is 3.73. The number of anilines is 1. The molecule has 0 aliphatic carbocycles. The summed E-state index contributed by atoms with van der Waals surface area (Å²) in [5, 5.41) is 7.05. The van der Waals surface area contributed by atoms with E-state index in [-0.39, 0.29) is 17.4 Å². The number of rotatable bonds is 1. The molecular weight excluding hydrogens is 234 g/mol. The molecule has 2 aliphatic rings. The van der Waals surface area contributed by atoms with Gasteiger partial charge in [0.25, 0.3) is 5.91 Å². The number of hydrogen-bond donors (Lipinski definition) is 1. The first-order valence-electron chi connectivity index (χ1n) is 6.37. The van der Waals surface area contributed by atoms with Crippen LogP contribution in [0.5, 0.6) is 0 Å². The lowest BCUT2D eigenvalue weighted by atomic mass is 10.2. The fraction of sp³-hybridized carbons (Fsp3) is 0.727. The molecule has 18 heavy (non-hydrogen) atoms. The van der Waals surface area contributed by atoms with E-state index in [0.29, 0.717) is 6.04 Å². The van der Waals surface area contributed by atoms with Gasteiger partial charge in [-0.05, 0) is 36.1 Å². The number of amides is 1. The van der Waals surface area contributed by atoms with Gasteiger partial charge in [-0.15, -0.1) is 0 Å². The molecule has 0 spiro atoms. The van der Waals surface area contributed by atoms with Crippen LogP contribution < -0.4 is 5.73 Å². The molecule has 0 radical (unpaired) electrons. The third-order valence-corrected chi connectivity index (χ3v) is 3.81. The van der Waals surface area contributed by atoms with Crippen LogP contribution in [0.15, 0.2) is 4.63 Å². The first-order chi connectivity index (χ1) is 8.75. The van der Waals surface area contributed by atoms with Crippen molar-refractivity contribution in [3.8, 4) is 0 Å². The third kappa shape index (κ3) is 1.94. The highest BCUT2D eigenvalue weighted by molar-refractivity contribution is 5.96. The van der Waals surface area contributed by atoms with Crippen LogP contribution in [0.1, 0.15) is 29.8 Å². The van der Waals surface area contributed by atoms with Crippen LogP contribution >= 0.6 is 0 Å². The molecule has 1 aromatic rings. The number of carbonyl (C=O) groups is 1. The molecule has 0 bridgehead atoms. The second-order valence-electron chi connectivity index (χ2n) is 4.93. The second kappa shape index (κ2) is 4.56. The van der Waals surface area contributed by atoms with E-state index in [4.69, 9.17) is 5.73 Å². The van der Waals surface area contributed by atoms with Crippen molar-refractivity contribution in [2.24, 2.45) is 0 Å². The van der Waals surface area contributed by atoms with Crippen molar-refractivity contribution >= 4 is 11.7 Å². The SMILES string of the molecule is Nc1nonc1C(=O)N1CCCN2CCCC2C1. The Labute approximate surface area is 105 Å². The molecule has 0 saturated carbocycles. The predicted octanol–water partition coefficient (Wildman–Crippen LogP) is -0.0379. The number of hydrogen-bond acceptors (Lipinski definition) is 6. The van der Waals surface area contributed by atoms with Crippen molar-refractivity contribution in [1.82, 2.24) is 20.1 Å². The third-order valence-electron chi connectivity index (χ3n) is 3.81. The van der Waals surface area contributed by atoms with E-state index < -0.39 is 0 Å². The molecule has 98 valence electrons. The fourth-order valence-corrected chi connectivity index (χ4v) is 2.88. The Morgan fingerprint density at radius 1 is 1.28 bits per heavy atom. The van der Waals surface area contributed by atoms with Crippen LogP contribution in [0.4, 0.5) is 5.82 Å². The van der Waals surface area contributed by atoms with E-state index in [1.807, 2.05) is 4.90 Å². The van der Waals surface area contributed by atoms with Gasteiger partial charge in [0.05, 0.1) is 0 Å². The van der Waals surface area contributed by atoms with Gasteiger partial charge in [-0.1, -0.05) is 0 Å². The zero-order chi connectivity index (χ0) is 12.5. The van der Waals surface area contributed by atoms with Gasteiger partial charge in [0, 0.05) is 25.7 Å². The van der Waals surface area contributed by atoms with Crippen LogP contribution in [0.25, 0.3) is 0 Å². The Hall–Kier alpha value is -1.63. The fourth-order valence-electron chi connectivity index (χ4n) is 2.88. The monoisotopic (exact) mass is 251 g/mol. The summed E-state index contributed by atoms with van der Waals surface area (Å²) < 4.78 is 4.49.